The summed E-state index contributed by atoms with van der Waals surface area (Å²) in [6.45, 7) is 5.04. The third-order valence-electron chi connectivity index (χ3n) is 6.70. The van der Waals surface area contributed by atoms with Crippen LogP contribution in [0.3, 0.4) is 0 Å². The van der Waals surface area contributed by atoms with Gasteiger partial charge < -0.3 is 13.3 Å². The molecule has 0 aliphatic heterocycles. The predicted molar refractivity (Wildman–Crippen MR) is 164 cm³/mol. The lowest BCUT2D eigenvalue weighted by molar-refractivity contribution is 0.482. The fourth-order valence-electron chi connectivity index (χ4n) is 4.71. The van der Waals surface area contributed by atoms with E-state index >= 15 is 0 Å². The Balaban J connectivity index is 1.42. The van der Waals surface area contributed by atoms with Crippen molar-refractivity contribution in [2.75, 3.05) is 0 Å². The Morgan fingerprint density at radius 1 is 0.738 bits per heavy atom. The van der Waals surface area contributed by atoms with Gasteiger partial charge in [-0.15, -0.1) is 10.2 Å². The van der Waals surface area contributed by atoms with Crippen LogP contribution in [0.15, 0.2) is 98.9 Å². The molecule has 0 aliphatic rings. The molecule has 4 aromatic carbocycles. The fraction of sp³-hybridized carbons (Fsp3) is 0.143. The largest absolute Gasteiger partial charge is 0.378 e. The number of aryl methyl sites for hydroxylation is 2. The van der Waals surface area contributed by atoms with Gasteiger partial charge in [-0.3, -0.25) is 4.55 Å². The van der Waals surface area contributed by atoms with Gasteiger partial charge in [0, 0.05) is 18.5 Å². The summed E-state index contributed by atoms with van der Waals surface area (Å²) >= 11 is 2.55. The first-order valence-corrected chi connectivity index (χ1v) is 17.3. The summed E-state index contributed by atoms with van der Waals surface area (Å²) < 4.78 is 69.9. The highest BCUT2D eigenvalue weighted by atomic mass is 32.2. The van der Waals surface area contributed by atoms with Crippen molar-refractivity contribution in [1.82, 2.24) is 9.13 Å². The van der Waals surface area contributed by atoms with E-state index in [1.807, 2.05) is 53.3 Å². The van der Waals surface area contributed by atoms with Crippen molar-refractivity contribution >= 4 is 74.1 Å². The first kappa shape index (κ1) is 28.3. The van der Waals surface area contributed by atoms with E-state index in [2.05, 4.69) is 10.2 Å². The lowest BCUT2D eigenvalue weighted by Crippen LogP contribution is -2.16. The third-order valence-corrected chi connectivity index (χ3v) is 10.8. The standard InChI is InChI=1S/C28H24N4O6S4/c1-3-31-22-14-12-19(41(33,34)35)16-25(22)39-27(31)29-30-28-32(4-2)23-15-13-20(17-26(23)40-28)42(36,37)38-24-11-7-9-18-8-5-6-10-21(18)24/h5-17H,3-4H2,1-2H3,(H,33,34,35). The molecule has 0 spiro atoms. The Hall–Kier alpha value is -3.82. The van der Waals surface area contributed by atoms with Gasteiger partial charge in [-0.05, 0) is 61.7 Å². The smallest absolute Gasteiger partial charge is 0.339 e. The monoisotopic (exact) mass is 640 g/mol. The van der Waals surface area contributed by atoms with Gasteiger partial charge in [0.1, 0.15) is 4.90 Å². The maximum atomic E-state index is 13.3. The number of rotatable bonds is 7. The lowest BCUT2D eigenvalue weighted by Gasteiger charge is -2.10. The zero-order valence-electron chi connectivity index (χ0n) is 22.3. The molecule has 2 aromatic heterocycles. The van der Waals surface area contributed by atoms with E-state index in [-0.39, 0.29) is 15.5 Å². The molecule has 0 bridgehead atoms. The van der Waals surface area contributed by atoms with Crippen LogP contribution in [-0.2, 0) is 33.3 Å². The number of benzene rings is 4. The van der Waals surface area contributed by atoms with E-state index < -0.39 is 20.2 Å². The van der Waals surface area contributed by atoms with Crippen LogP contribution in [-0.4, -0.2) is 30.5 Å². The number of fused-ring (bicyclic) bond motifs is 3. The Labute approximate surface area is 249 Å². The first-order chi connectivity index (χ1) is 20.1. The second kappa shape index (κ2) is 10.8. The Bertz CT molecular complexity index is 2360. The molecule has 0 unspecified atom stereocenters. The Morgan fingerprint density at radius 3 is 1.88 bits per heavy atom. The number of thiazole rings is 2. The molecule has 6 aromatic rings. The Kier molecular flexibility index (Phi) is 7.27. The summed E-state index contributed by atoms with van der Waals surface area (Å²) in [6, 6.07) is 21.9. The minimum Gasteiger partial charge on any atom is -0.378 e. The van der Waals surface area contributed by atoms with Crippen molar-refractivity contribution in [3.63, 3.8) is 0 Å². The molecule has 2 heterocycles. The second-order valence-corrected chi connectivity index (χ2v) is 14.2. The first-order valence-electron chi connectivity index (χ1n) is 12.8. The minimum absolute atomic E-state index is 0.0268. The number of aromatic nitrogens is 2. The van der Waals surface area contributed by atoms with Crippen LogP contribution in [0.4, 0.5) is 0 Å². The van der Waals surface area contributed by atoms with E-state index in [1.54, 1.807) is 30.3 Å². The number of hydrogen-bond acceptors (Lipinski definition) is 9. The molecule has 0 saturated carbocycles. The van der Waals surface area contributed by atoms with Crippen molar-refractivity contribution in [2.45, 2.75) is 36.7 Å². The average Bonchev–Trinajstić information content (AvgIpc) is 3.51. The summed E-state index contributed by atoms with van der Waals surface area (Å²) in [5.74, 6) is 0.258. The molecule has 14 heteroatoms. The van der Waals surface area contributed by atoms with Crippen LogP contribution in [0.5, 0.6) is 5.75 Å². The molecule has 0 fully saturated rings. The van der Waals surface area contributed by atoms with E-state index in [0.717, 1.165) is 16.4 Å². The van der Waals surface area contributed by atoms with Crippen LogP contribution < -0.4 is 13.8 Å². The Morgan fingerprint density at radius 2 is 1.29 bits per heavy atom. The summed E-state index contributed by atoms with van der Waals surface area (Å²) in [5, 5.41) is 10.6. The molecule has 0 amide bonds. The van der Waals surface area contributed by atoms with Crippen molar-refractivity contribution in [2.24, 2.45) is 10.2 Å². The van der Waals surface area contributed by atoms with E-state index in [4.69, 9.17) is 4.18 Å². The normalized spacial score (nSPS) is 13.5. The van der Waals surface area contributed by atoms with Crippen molar-refractivity contribution < 1.29 is 25.6 Å². The van der Waals surface area contributed by atoms with Gasteiger partial charge in [0.25, 0.3) is 10.1 Å². The topological polar surface area (TPSA) is 132 Å². The maximum Gasteiger partial charge on any atom is 0.339 e. The zero-order chi connectivity index (χ0) is 29.6. The predicted octanol–water partition coefficient (Wildman–Crippen LogP) is 5.34. The van der Waals surface area contributed by atoms with Gasteiger partial charge >= 0.3 is 10.1 Å². The van der Waals surface area contributed by atoms with Gasteiger partial charge in [0.2, 0.25) is 9.60 Å². The van der Waals surface area contributed by atoms with E-state index in [1.165, 1.54) is 40.9 Å². The lowest BCUT2D eigenvalue weighted by atomic mass is 10.1. The molecule has 42 heavy (non-hydrogen) atoms. The van der Waals surface area contributed by atoms with Gasteiger partial charge in [0.15, 0.2) is 5.75 Å². The van der Waals surface area contributed by atoms with E-state index in [0.29, 0.717) is 37.5 Å². The third kappa shape index (κ3) is 5.16. The van der Waals surface area contributed by atoms with Gasteiger partial charge in [-0.25, -0.2) is 0 Å². The molecule has 6 rings (SSSR count). The molecule has 0 saturated heterocycles. The molecular formula is C28H24N4O6S4. The number of nitrogens with zero attached hydrogens (tertiary/aromatic N) is 4. The summed E-state index contributed by atoms with van der Waals surface area (Å²) in [4.78, 5) is 0.952. The zero-order valence-corrected chi connectivity index (χ0v) is 25.6. The molecule has 0 atom stereocenters. The van der Waals surface area contributed by atoms with Crippen LogP contribution in [0.1, 0.15) is 13.8 Å². The summed E-state index contributed by atoms with van der Waals surface area (Å²) in [7, 11) is -8.45. The molecule has 0 aliphatic carbocycles. The highest BCUT2D eigenvalue weighted by Crippen LogP contribution is 2.30. The van der Waals surface area contributed by atoms with Crippen LogP contribution >= 0.6 is 22.7 Å². The van der Waals surface area contributed by atoms with Crippen LogP contribution in [0, 0.1) is 0 Å². The quantitative estimate of drug-likeness (QED) is 0.142. The second-order valence-electron chi connectivity index (χ2n) is 9.21. The van der Waals surface area contributed by atoms with Crippen LogP contribution in [0.25, 0.3) is 31.2 Å². The molecule has 10 nitrogen and oxygen atoms in total. The van der Waals surface area contributed by atoms with Gasteiger partial charge in [0.05, 0.1) is 25.3 Å². The molecule has 1 N–H and O–H groups in total. The minimum atomic E-state index is -4.34. The number of hydrogen-bond donors (Lipinski definition) is 1. The van der Waals surface area contributed by atoms with Crippen molar-refractivity contribution in [1.29, 1.82) is 0 Å². The molecule has 216 valence electrons. The fourth-order valence-corrected chi connectivity index (χ4v) is 8.51. The summed E-state index contributed by atoms with van der Waals surface area (Å²) in [6.07, 6.45) is 0. The van der Waals surface area contributed by atoms with Crippen molar-refractivity contribution in [3.8, 4) is 5.75 Å². The van der Waals surface area contributed by atoms with Gasteiger partial charge in [-0.2, -0.15) is 16.8 Å². The molecule has 0 radical (unpaired) electrons. The van der Waals surface area contributed by atoms with Crippen LogP contribution in [0.2, 0.25) is 0 Å². The van der Waals surface area contributed by atoms with Gasteiger partial charge in [-0.1, -0.05) is 59.1 Å². The summed E-state index contributed by atoms with van der Waals surface area (Å²) in [5.41, 5.74) is 1.57. The van der Waals surface area contributed by atoms with Crippen molar-refractivity contribution in [3.05, 3.63) is 88.5 Å². The highest BCUT2D eigenvalue weighted by molar-refractivity contribution is 7.87. The highest BCUT2D eigenvalue weighted by Gasteiger charge is 2.20. The molecular weight excluding hydrogens is 617 g/mol. The average molecular weight is 641 g/mol. The maximum absolute atomic E-state index is 13.3. The SMILES string of the molecule is CCn1c(=NN=c2sc3cc(S(=O)(=O)Oc4cccc5ccccc45)ccc3n2CC)sc2cc(S(=O)(=O)O)ccc21. The van der Waals surface area contributed by atoms with E-state index in [9.17, 15) is 21.4 Å².